The van der Waals surface area contributed by atoms with E-state index in [0.29, 0.717) is 36.4 Å². The van der Waals surface area contributed by atoms with Gasteiger partial charge < -0.3 is 10.4 Å². The smallest absolute Gasteiger partial charge is 0.240 e. The standard InChI is InChI=1S/C22H21Br2N5O3S/c23-15-7-9-16(10-8-15)33(31,32)27-12-4-3-11-25-21-13-19(17-5-1-2-6-20(17)30)28-22-18(24)14-26-29(21)22/h1-2,5-10,13-14,25,27,30H,3-4,11-12H2. The van der Waals surface area contributed by atoms with E-state index in [1.165, 1.54) is 0 Å². The Labute approximate surface area is 208 Å². The summed E-state index contributed by atoms with van der Waals surface area (Å²) in [5, 5.41) is 17.9. The second-order valence-corrected chi connectivity index (χ2v) is 10.8. The molecule has 4 aromatic rings. The van der Waals surface area contributed by atoms with Crippen LogP contribution in [0.25, 0.3) is 16.9 Å². The molecular formula is C22H21Br2N5O3S. The van der Waals surface area contributed by atoms with Crippen molar-refractivity contribution in [3.63, 3.8) is 0 Å². The number of phenols is 1. The van der Waals surface area contributed by atoms with Gasteiger partial charge in [-0.3, -0.25) is 0 Å². The predicted octanol–water partition coefficient (Wildman–Crippen LogP) is 4.80. The Kier molecular flexibility index (Phi) is 7.32. The van der Waals surface area contributed by atoms with Crippen molar-refractivity contribution < 1.29 is 13.5 Å². The van der Waals surface area contributed by atoms with E-state index in [1.807, 2.05) is 12.1 Å². The number of benzene rings is 2. The molecule has 0 amide bonds. The molecule has 0 atom stereocenters. The second-order valence-electron chi connectivity index (χ2n) is 7.26. The number of fused-ring (bicyclic) bond motifs is 1. The van der Waals surface area contributed by atoms with Crippen LogP contribution in [-0.4, -0.2) is 41.2 Å². The molecule has 0 fully saturated rings. The van der Waals surface area contributed by atoms with E-state index < -0.39 is 10.0 Å². The number of aromatic nitrogens is 3. The highest BCUT2D eigenvalue weighted by Crippen LogP contribution is 2.31. The van der Waals surface area contributed by atoms with E-state index in [9.17, 15) is 13.5 Å². The average molecular weight is 595 g/mol. The molecule has 0 aliphatic rings. The van der Waals surface area contributed by atoms with Gasteiger partial charge in [-0.05, 0) is 65.2 Å². The molecular weight excluding hydrogens is 574 g/mol. The van der Waals surface area contributed by atoms with E-state index >= 15 is 0 Å². The summed E-state index contributed by atoms with van der Waals surface area (Å²) in [6.07, 6.45) is 3.06. The van der Waals surface area contributed by atoms with Crippen molar-refractivity contribution in [2.75, 3.05) is 18.4 Å². The highest BCUT2D eigenvalue weighted by Gasteiger charge is 2.14. The van der Waals surface area contributed by atoms with Gasteiger partial charge in [-0.15, -0.1) is 0 Å². The third-order valence-corrected chi connectivity index (χ3v) is 7.50. The lowest BCUT2D eigenvalue weighted by molar-refractivity contribution is 0.477. The minimum atomic E-state index is -3.53. The SMILES string of the molecule is O=S(=O)(NCCCCNc1cc(-c2ccccc2O)nc2c(Br)cnn12)c1ccc(Br)cc1. The van der Waals surface area contributed by atoms with Gasteiger partial charge >= 0.3 is 0 Å². The van der Waals surface area contributed by atoms with Gasteiger partial charge in [0.15, 0.2) is 5.65 Å². The van der Waals surface area contributed by atoms with Crippen LogP contribution in [0.4, 0.5) is 5.82 Å². The zero-order chi connectivity index (χ0) is 23.4. The molecule has 0 unspecified atom stereocenters. The monoisotopic (exact) mass is 593 g/mol. The van der Waals surface area contributed by atoms with E-state index in [-0.39, 0.29) is 10.6 Å². The maximum absolute atomic E-state index is 12.4. The van der Waals surface area contributed by atoms with E-state index in [1.54, 1.807) is 53.2 Å². The Hall–Kier alpha value is -2.47. The minimum absolute atomic E-state index is 0.147. The molecule has 33 heavy (non-hydrogen) atoms. The summed E-state index contributed by atoms with van der Waals surface area (Å²) in [7, 11) is -3.53. The molecule has 172 valence electrons. The van der Waals surface area contributed by atoms with Gasteiger partial charge in [0.1, 0.15) is 11.6 Å². The van der Waals surface area contributed by atoms with Crippen LogP contribution in [0.2, 0.25) is 0 Å². The summed E-state index contributed by atoms with van der Waals surface area (Å²) < 4.78 is 30.6. The Morgan fingerprint density at radius 2 is 1.73 bits per heavy atom. The van der Waals surface area contributed by atoms with Crippen molar-refractivity contribution in [2.45, 2.75) is 17.7 Å². The summed E-state index contributed by atoms with van der Waals surface area (Å²) in [6.45, 7) is 0.944. The first-order chi connectivity index (χ1) is 15.8. The van der Waals surface area contributed by atoms with E-state index in [4.69, 9.17) is 0 Å². The number of halogens is 2. The molecule has 0 saturated heterocycles. The normalized spacial score (nSPS) is 11.7. The first kappa shape index (κ1) is 23.7. The maximum atomic E-state index is 12.4. The molecule has 0 bridgehead atoms. The zero-order valence-corrected chi connectivity index (χ0v) is 21.4. The summed E-state index contributed by atoms with van der Waals surface area (Å²) >= 11 is 6.77. The number of sulfonamides is 1. The first-order valence-corrected chi connectivity index (χ1v) is 13.2. The van der Waals surface area contributed by atoms with Crippen molar-refractivity contribution in [2.24, 2.45) is 0 Å². The van der Waals surface area contributed by atoms with Crippen molar-refractivity contribution in [3.05, 3.63) is 69.7 Å². The number of rotatable bonds is 9. The fourth-order valence-corrected chi connectivity index (χ4v) is 4.95. The van der Waals surface area contributed by atoms with Crippen LogP contribution < -0.4 is 10.0 Å². The number of nitrogens with one attached hydrogen (secondary N) is 2. The van der Waals surface area contributed by atoms with Gasteiger partial charge in [-0.25, -0.2) is 18.1 Å². The zero-order valence-electron chi connectivity index (χ0n) is 17.4. The Morgan fingerprint density at radius 1 is 1.00 bits per heavy atom. The lowest BCUT2D eigenvalue weighted by Gasteiger charge is -2.12. The van der Waals surface area contributed by atoms with Crippen LogP contribution >= 0.6 is 31.9 Å². The fourth-order valence-electron chi connectivity index (χ4n) is 3.26. The molecule has 4 rings (SSSR count). The van der Waals surface area contributed by atoms with Crippen molar-refractivity contribution in [3.8, 4) is 17.0 Å². The van der Waals surface area contributed by atoms with E-state index in [2.05, 4.69) is 52.0 Å². The second kappa shape index (κ2) is 10.2. The van der Waals surface area contributed by atoms with Gasteiger partial charge in [-0.2, -0.15) is 9.61 Å². The number of hydrogen-bond acceptors (Lipinski definition) is 6. The first-order valence-electron chi connectivity index (χ1n) is 10.2. The number of nitrogens with zero attached hydrogens (tertiary/aromatic N) is 3. The summed E-state index contributed by atoms with van der Waals surface area (Å²) in [6, 6.07) is 15.4. The van der Waals surface area contributed by atoms with Gasteiger partial charge in [-0.1, -0.05) is 28.1 Å². The minimum Gasteiger partial charge on any atom is -0.507 e. The average Bonchev–Trinajstić information content (AvgIpc) is 3.17. The van der Waals surface area contributed by atoms with Crippen molar-refractivity contribution in [1.29, 1.82) is 0 Å². The number of aromatic hydroxyl groups is 1. The summed E-state index contributed by atoms with van der Waals surface area (Å²) in [5.74, 6) is 0.869. The highest BCUT2D eigenvalue weighted by atomic mass is 79.9. The van der Waals surface area contributed by atoms with Crippen molar-refractivity contribution >= 4 is 53.3 Å². The van der Waals surface area contributed by atoms with Gasteiger partial charge in [0.2, 0.25) is 10.0 Å². The topological polar surface area (TPSA) is 109 Å². The van der Waals surface area contributed by atoms with Crippen LogP contribution in [0.15, 0.2) is 74.6 Å². The van der Waals surface area contributed by atoms with Gasteiger partial charge in [0.05, 0.1) is 21.3 Å². The van der Waals surface area contributed by atoms with E-state index in [0.717, 1.165) is 21.2 Å². The number of hydrogen-bond donors (Lipinski definition) is 3. The quantitative estimate of drug-likeness (QED) is 0.240. The molecule has 0 radical (unpaired) electrons. The Balaban J connectivity index is 1.38. The van der Waals surface area contributed by atoms with Crippen molar-refractivity contribution in [1.82, 2.24) is 19.3 Å². The molecule has 0 spiro atoms. The molecule has 8 nitrogen and oxygen atoms in total. The Bertz CT molecular complexity index is 1370. The van der Waals surface area contributed by atoms with Crippen LogP contribution in [0.1, 0.15) is 12.8 Å². The number of unbranched alkanes of at least 4 members (excludes halogenated alkanes) is 1. The molecule has 3 N–H and O–H groups in total. The molecule has 0 saturated carbocycles. The number of para-hydroxylation sites is 1. The molecule has 11 heteroatoms. The lowest BCUT2D eigenvalue weighted by Crippen LogP contribution is -2.25. The molecule has 0 aliphatic heterocycles. The van der Waals surface area contributed by atoms with Crippen LogP contribution in [-0.2, 0) is 10.0 Å². The Morgan fingerprint density at radius 3 is 2.48 bits per heavy atom. The largest absolute Gasteiger partial charge is 0.507 e. The fraction of sp³-hybridized carbons (Fsp3) is 0.182. The molecule has 0 aliphatic carbocycles. The van der Waals surface area contributed by atoms with Gasteiger partial charge in [0, 0.05) is 29.2 Å². The van der Waals surface area contributed by atoms with Crippen LogP contribution in [0, 0.1) is 0 Å². The molecule has 2 heterocycles. The third kappa shape index (κ3) is 5.55. The van der Waals surface area contributed by atoms with Crippen LogP contribution in [0.3, 0.4) is 0 Å². The third-order valence-electron chi connectivity index (χ3n) is 4.93. The molecule has 2 aromatic heterocycles. The highest BCUT2D eigenvalue weighted by molar-refractivity contribution is 9.11. The summed E-state index contributed by atoms with van der Waals surface area (Å²) in [4.78, 5) is 4.86. The van der Waals surface area contributed by atoms with Gasteiger partial charge in [0.25, 0.3) is 0 Å². The predicted molar refractivity (Wildman–Crippen MR) is 135 cm³/mol. The lowest BCUT2D eigenvalue weighted by atomic mass is 10.1. The summed E-state index contributed by atoms with van der Waals surface area (Å²) in [5.41, 5.74) is 1.87. The maximum Gasteiger partial charge on any atom is 0.240 e. The number of anilines is 1. The number of phenolic OH excluding ortho intramolecular Hbond substituents is 1. The molecule has 2 aromatic carbocycles. The van der Waals surface area contributed by atoms with Crippen LogP contribution in [0.5, 0.6) is 5.75 Å².